The van der Waals surface area contributed by atoms with E-state index >= 15 is 0 Å². The maximum atomic E-state index is 14.4. The van der Waals surface area contributed by atoms with Crippen molar-refractivity contribution in [3.05, 3.63) is 58.1 Å². The molecule has 0 aliphatic carbocycles. The monoisotopic (exact) mass is 302 g/mol. The highest BCUT2D eigenvalue weighted by atomic mass is 35.5. The lowest BCUT2D eigenvalue weighted by Crippen LogP contribution is -2.01. The predicted octanol–water partition coefficient (Wildman–Crippen LogP) is 5.69. The van der Waals surface area contributed by atoms with Gasteiger partial charge < -0.3 is 0 Å². The van der Waals surface area contributed by atoms with E-state index in [2.05, 4.69) is 0 Å². The van der Waals surface area contributed by atoms with E-state index in [0.717, 1.165) is 12.1 Å². The van der Waals surface area contributed by atoms with Crippen LogP contribution in [-0.2, 0) is 0 Å². The summed E-state index contributed by atoms with van der Waals surface area (Å²) in [4.78, 5) is 0. The molecular weight excluding hydrogens is 292 g/mol. The van der Waals surface area contributed by atoms with Crippen LogP contribution in [0, 0.1) is 23.3 Å². The van der Waals surface area contributed by atoms with Crippen LogP contribution in [0.3, 0.4) is 0 Å². The Morgan fingerprint density at radius 3 is 2.10 bits per heavy atom. The standard InChI is InChI=1S/C15H11ClF4/c1-7(2)9-3-4-11(18)14(15(9)20)13-10(16)5-8(17)6-12(13)19/h3-7H,1-2H3. The molecule has 2 rings (SSSR count). The highest BCUT2D eigenvalue weighted by Gasteiger charge is 2.22. The molecule has 0 amide bonds. The van der Waals surface area contributed by atoms with Crippen molar-refractivity contribution in [2.75, 3.05) is 0 Å². The largest absolute Gasteiger partial charge is 0.207 e. The van der Waals surface area contributed by atoms with Gasteiger partial charge in [0.15, 0.2) is 0 Å². The zero-order valence-corrected chi connectivity index (χ0v) is 11.5. The van der Waals surface area contributed by atoms with Gasteiger partial charge in [0.05, 0.1) is 10.6 Å². The first kappa shape index (κ1) is 14.9. The first-order valence-corrected chi connectivity index (χ1v) is 6.33. The van der Waals surface area contributed by atoms with Crippen molar-refractivity contribution >= 4 is 11.6 Å². The zero-order chi connectivity index (χ0) is 15.0. The molecule has 106 valence electrons. The summed E-state index contributed by atoms with van der Waals surface area (Å²) in [5.41, 5.74) is -0.801. The second-order valence-electron chi connectivity index (χ2n) is 4.72. The van der Waals surface area contributed by atoms with Crippen LogP contribution in [0.1, 0.15) is 25.3 Å². The van der Waals surface area contributed by atoms with Crippen LogP contribution in [0.25, 0.3) is 11.1 Å². The van der Waals surface area contributed by atoms with Crippen LogP contribution in [-0.4, -0.2) is 0 Å². The van der Waals surface area contributed by atoms with Crippen molar-refractivity contribution in [3.8, 4) is 11.1 Å². The van der Waals surface area contributed by atoms with Crippen LogP contribution >= 0.6 is 11.6 Å². The quantitative estimate of drug-likeness (QED) is 0.625. The predicted molar refractivity (Wildman–Crippen MR) is 70.8 cm³/mol. The van der Waals surface area contributed by atoms with Gasteiger partial charge in [0.1, 0.15) is 23.3 Å². The van der Waals surface area contributed by atoms with Crippen LogP contribution in [0.15, 0.2) is 24.3 Å². The molecule has 0 spiro atoms. The summed E-state index contributed by atoms with van der Waals surface area (Å²) in [7, 11) is 0. The van der Waals surface area contributed by atoms with Crippen LogP contribution in [0.2, 0.25) is 5.02 Å². The van der Waals surface area contributed by atoms with E-state index in [0.29, 0.717) is 6.07 Å². The molecule has 0 N–H and O–H groups in total. The van der Waals surface area contributed by atoms with Crippen molar-refractivity contribution in [2.24, 2.45) is 0 Å². The fourth-order valence-corrected chi connectivity index (χ4v) is 2.31. The molecule has 5 heteroatoms. The third-order valence-corrected chi connectivity index (χ3v) is 3.30. The molecule has 0 unspecified atom stereocenters. The second-order valence-corrected chi connectivity index (χ2v) is 5.13. The molecule has 0 heterocycles. The van der Waals surface area contributed by atoms with E-state index < -0.39 is 34.4 Å². The molecule has 0 aromatic heterocycles. The van der Waals surface area contributed by atoms with Gasteiger partial charge >= 0.3 is 0 Å². The number of rotatable bonds is 2. The van der Waals surface area contributed by atoms with E-state index in [9.17, 15) is 17.6 Å². The smallest absolute Gasteiger partial charge is 0.137 e. The Labute approximate surface area is 119 Å². The Hall–Kier alpha value is -1.55. The van der Waals surface area contributed by atoms with Gasteiger partial charge in [-0.1, -0.05) is 31.5 Å². The molecule has 0 nitrogen and oxygen atoms in total. The van der Waals surface area contributed by atoms with E-state index in [1.54, 1.807) is 13.8 Å². The Kier molecular flexibility index (Phi) is 4.04. The third kappa shape index (κ3) is 2.52. The van der Waals surface area contributed by atoms with E-state index in [1.165, 1.54) is 6.07 Å². The molecule has 0 saturated carbocycles. The number of halogens is 5. The van der Waals surface area contributed by atoms with Gasteiger partial charge in [0, 0.05) is 11.6 Å². The van der Waals surface area contributed by atoms with Crippen molar-refractivity contribution < 1.29 is 17.6 Å². The van der Waals surface area contributed by atoms with Crippen molar-refractivity contribution in [2.45, 2.75) is 19.8 Å². The molecule has 2 aromatic carbocycles. The molecule has 0 atom stereocenters. The first-order valence-electron chi connectivity index (χ1n) is 5.95. The van der Waals surface area contributed by atoms with E-state index in [1.807, 2.05) is 0 Å². The SMILES string of the molecule is CC(C)c1ccc(F)c(-c2c(F)cc(F)cc2Cl)c1F. The van der Waals surface area contributed by atoms with Gasteiger partial charge in [-0.2, -0.15) is 0 Å². The highest BCUT2D eigenvalue weighted by Crippen LogP contribution is 2.37. The van der Waals surface area contributed by atoms with Gasteiger partial charge in [-0.25, -0.2) is 17.6 Å². The maximum Gasteiger partial charge on any atom is 0.137 e. The average Bonchev–Trinajstić information content (AvgIpc) is 2.31. The molecule has 0 saturated heterocycles. The summed E-state index contributed by atoms with van der Waals surface area (Å²) in [6.07, 6.45) is 0. The summed E-state index contributed by atoms with van der Waals surface area (Å²) in [5.74, 6) is -4.05. The molecule has 0 bridgehead atoms. The maximum absolute atomic E-state index is 14.4. The Morgan fingerprint density at radius 2 is 1.55 bits per heavy atom. The molecule has 0 fully saturated rings. The lowest BCUT2D eigenvalue weighted by Gasteiger charge is -2.14. The summed E-state index contributed by atoms with van der Waals surface area (Å²) in [6, 6.07) is 3.71. The van der Waals surface area contributed by atoms with Gasteiger partial charge in [-0.15, -0.1) is 0 Å². The second kappa shape index (κ2) is 5.44. The van der Waals surface area contributed by atoms with Crippen LogP contribution < -0.4 is 0 Å². The summed E-state index contributed by atoms with van der Waals surface area (Å²) in [5, 5.41) is -0.374. The molecular formula is C15H11ClF4. The number of hydrogen-bond donors (Lipinski definition) is 0. The lowest BCUT2D eigenvalue weighted by atomic mass is 9.95. The molecule has 20 heavy (non-hydrogen) atoms. The van der Waals surface area contributed by atoms with Crippen molar-refractivity contribution in [3.63, 3.8) is 0 Å². The fourth-order valence-electron chi connectivity index (χ4n) is 2.02. The fraction of sp³-hybridized carbons (Fsp3) is 0.200. The zero-order valence-electron chi connectivity index (χ0n) is 10.8. The molecule has 2 aromatic rings. The third-order valence-electron chi connectivity index (χ3n) is 3.00. The van der Waals surface area contributed by atoms with Gasteiger partial charge in [0.25, 0.3) is 0 Å². The van der Waals surface area contributed by atoms with E-state index in [4.69, 9.17) is 11.6 Å². The molecule has 0 radical (unpaired) electrons. The summed E-state index contributed by atoms with van der Waals surface area (Å²) in [6.45, 7) is 3.45. The Bertz CT molecular complexity index is 642. The average molecular weight is 303 g/mol. The van der Waals surface area contributed by atoms with Crippen molar-refractivity contribution in [1.82, 2.24) is 0 Å². The number of benzene rings is 2. The van der Waals surface area contributed by atoms with Gasteiger partial charge in [-0.3, -0.25) is 0 Å². The summed E-state index contributed by atoms with van der Waals surface area (Å²) < 4.78 is 55.1. The van der Waals surface area contributed by atoms with Crippen LogP contribution in [0.5, 0.6) is 0 Å². The minimum Gasteiger partial charge on any atom is -0.207 e. The normalized spacial score (nSPS) is 11.2. The van der Waals surface area contributed by atoms with Gasteiger partial charge in [-0.05, 0) is 23.6 Å². The minimum absolute atomic E-state index is 0.211. The molecule has 0 aliphatic heterocycles. The Balaban J connectivity index is 2.79. The van der Waals surface area contributed by atoms with Gasteiger partial charge in [0.2, 0.25) is 0 Å². The minimum atomic E-state index is -1.10. The Morgan fingerprint density at radius 1 is 0.900 bits per heavy atom. The highest BCUT2D eigenvalue weighted by molar-refractivity contribution is 6.33. The molecule has 0 aliphatic rings. The van der Waals surface area contributed by atoms with Crippen LogP contribution in [0.4, 0.5) is 17.6 Å². The summed E-state index contributed by atoms with van der Waals surface area (Å²) >= 11 is 5.73. The lowest BCUT2D eigenvalue weighted by molar-refractivity contribution is 0.560. The topological polar surface area (TPSA) is 0 Å². The first-order chi connectivity index (χ1) is 9.32. The van der Waals surface area contributed by atoms with Crippen molar-refractivity contribution in [1.29, 1.82) is 0 Å². The number of hydrogen-bond acceptors (Lipinski definition) is 0. The van der Waals surface area contributed by atoms with E-state index in [-0.39, 0.29) is 16.5 Å².